The Morgan fingerprint density at radius 1 is 1.82 bits per heavy atom. The highest BCUT2D eigenvalue weighted by molar-refractivity contribution is 5.78. The van der Waals surface area contributed by atoms with E-state index in [4.69, 9.17) is 4.74 Å². The minimum absolute atomic E-state index is 0.0690. The number of ether oxygens (including phenoxy) is 1. The van der Waals surface area contributed by atoms with Crippen LogP contribution in [0, 0.1) is 5.41 Å². The molecule has 0 aliphatic carbocycles. The van der Waals surface area contributed by atoms with Crippen LogP contribution >= 0.6 is 0 Å². The first-order chi connectivity index (χ1) is 5.04. The van der Waals surface area contributed by atoms with Crippen molar-refractivity contribution >= 4 is 5.97 Å². The summed E-state index contributed by atoms with van der Waals surface area (Å²) in [5.41, 5.74) is 0.762. The summed E-state index contributed by atoms with van der Waals surface area (Å²) in [5.74, 6) is -0.0690. The fourth-order valence-corrected chi connectivity index (χ4v) is 1.47. The van der Waals surface area contributed by atoms with Crippen molar-refractivity contribution in [1.82, 2.24) is 0 Å². The number of carbonyl (C=O) groups excluding carboxylic acids is 1. The summed E-state index contributed by atoms with van der Waals surface area (Å²) in [7, 11) is 0. The molecule has 0 aromatic rings. The third kappa shape index (κ3) is 1.62. The van der Waals surface area contributed by atoms with E-state index in [1.54, 1.807) is 0 Å². The molecule has 1 aliphatic heterocycles. The molecule has 0 aromatic carbocycles. The van der Waals surface area contributed by atoms with Gasteiger partial charge in [0.05, 0.1) is 12.0 Å². The van der Waals surface area contributed by atoms with Crippen LogP contribution in [0.2, 0.25) is 0 Å². The van der Waals surface area contributed by atoms with Crippen LogP contribution in [0.15, 0.2) is 12.2 Å². The van der Waals surface area contributed by atoms with E-state index in [-0.39, 0.29) is 11.4 Å². The van der Waals surface area contributed by atoms with E-state index in [2.05, 4.69) is 6.58 Å². The molecule has 0 N–H and O–H groups in total. The van der Waals surface area contributed by atoms with Gasteiger partial charge in [-0.1, -0.05) is 5.57 Å². The number of carbonyl (C=O) groups is 1. The van der Waals surface area contributed by atoms with E-state index < -0.39 is 0 Å². The Hall–Kier alpha value is -0.790. The van der Waals surface area contributed by atoms with E-state index >= 15 is 0 Å². The molecule has 1 rings (SSSR count). The van der Waals surface area contributed by atoms with Gasteiger partial charge in [-0.3, -0.25) is 4.79 Å². The van der Waals surface area contributed by atoms with Crippen LogP contribution in [-0.2, 0) is 9.53 Å². The molecule has 1 fully saturated rings. The summed E-state index contributed by atoms with van der Waals surface area (Å²) >= 11 is 0. The van der Waals surface area contributed by atoms with E-state index in [1.165, 1.54) is 0 Å². The molecular formula is C9H14O2. The Morgan fingerprint density at radius 3 is 2.82 bits per heavy atom. The second kappa shape index (κ2) is 2.68. The smallest absolute Gasteiger partial charge is 0.312 e. The number of hydrogen-bond acceptors (Lipinski definition) is 2. The van der Waals surface area contributed by atoms with Crippen LogP contribution < -0.4 is 0 Å². The quantitative estimate of drug-likeness (QED) is 0.448. The lowest BCUT2D eigenvalue weighted by Gasteiger charge is -2.17. The van der Waals surface area contributed by atoms with E-state index in [0.29, 0.717) is 6.61 Å². The average molecular weight is 154 g/mol. The number of esters is 1. The van der Waals surface area contributed by atoms with Gasteiger partial charge in [-0.2, -0.15) is 0 Å². The SMILES string of the molecule is C=C(C)CC1(C)CCOC1=O. The Bertz CT molecular complexity index is 196. The molecule has 0 aromatic heterocycles. The fraction of sp³-hybridized carbons (Fsp3) is 0.667. The molecule has 1 atom stereocenters. The maximum atomic E-state index is 11.2. The van der Waals surface area contributed by atoms with Gasteiger partial charge in [0.2, 0.25) is 0 Å². The Labute approximate surface area is 67.2 Å². The minimum Gasteiger partial charge on any atom is -0.465 e. The molecule has 1 saturated heterocycles. The lowest BCUT2D eigenvalue weighted by molar-refractivity contribution is -0.145. The van der Waals surface area contributed by atoms with Crippen LogP contribution in [0.25, 0.3) is 0 Å². The molecule has 2 nitrogen and oxygen atoms in total. The Morgan fingerprint density at radius 2 is 2.45 bits per heavy atom. The van der Waals surface area contributed by atoms with Crippen LogP contribution in [0.4, 0.5) is 0 Å². The van der Waals surface area contributed by atoms with Crippen LogP contribution in [-0.4, -0.2) is 12.6 Å². The zero-order chi connectivity index (χ0) is 8.48. The molecule has 0 saturated carbocycles. The predicted molar refractivity (Wildman–Crippen MR) is 43.1 cm³/mol. The number of cyclic esters (lactones) is 1. The van der Waals surface area contributed by atoms with Crippen molar-refractivity contribution in [2.45, 2.75) is 26.7 Å². The lowest BCUT2D eigenvalue weighted by Crippen LogP contribution is -2.22. The van der Waals surface area contributed by atoms with Crippen molar-refractivity contribution in [3.8, 4) is 0 Å². The summed E-state index contributed by atoms with van der Waals surface area (Å²) in [6.07, 6.45) is 1.59. The molecule has 0 radical (unpaired) electrons. The largest absolute Gasteiger partial charge is 0.465 e. The Balaban J connectivity index is 2.65. The van der Waals surface area contributed by atoms with Gasteiger partial charge in [0.25, 0.3) is 0 Å². The van der Waals surface area contributed by atoms with Crippen molar-refractivity contribution in [3.63, 3.8) is 0 Å². The first-order valence-corrected chi connectivity index (χ1v) is 3.86. The third-order valence-corrected chi connectivity index (χ3v) is 2.07. The summed E-state index contributed by atoms with van der Waals surface area (Å²) in [6.45, 7) is 8.25. The summed E-state index contributed by atoms with van der Waals surface area (Å²) in [5, 5.41) is 0. The van der Waals surface area contributed by atoms with Crippen molar-refractivity contribution < 1.29 is 9.53 Å². The predicted octanol–water partition coefficient (Wildman–Crippen LogP) is 1.91. The highest BCUT2D eigenvalue weighted by Gasteiger charge is 2.39. The van der Waals surface area contributed by atoms with Crippen LogP contribution in [0.3, 0.4) is 0 Å². The fourth-order valence-electron chi connectivity index (χ4n) is 1.47. The van der Waals surface area contributed by atoms with Gasteiger partial charge >= 0.3 is 5.97 Å². The zero-order valence-corrected chi connectivity index (χ0v) is 7.14. The number of hydrogen-bond donors (Lipinski definition) is 0. The summed E-state index contributed by atoms with van der Waals surface area (Å²) in [6, 6.07) is 0. The van der Waals surface area contributed by atoms with Crippen LogP contribution in [0.1, 0.15) is 26.7 Å². The van der Waals surface area contributed by atoms with Gasteiger partial charge in [0, 0.05) is 0 Å². The molecular weight excluding hydrogens is 140 g/mol. The van der Waals surface area contributed by atoms with E-state index in [9.17, 15) is 4.79 Å². The second-order valence-electron chi connectivity index (χ2n) is 3.58. The maximum absolute atomic E-state index is 11.2. The molecule has 1 unspecified atom stereocenters. The first-order valence-electron chi connectivity index (χ1n) is 3.86. The van der Waals surface area contributed by atoms with Gasteiger partial charge < -0.3 is 4.74 Å². The van der Waals surface area contributed by atoms with E-state index in [0.717, 1.165) is 18.4 Å². The van der Waals surface area contributed by atoms with Crippen molar-refractivity contribution in [3.05, 3.63) is 12.2 Å². The highest BCUT2D eigenvalue weighted by atomic mass is 16.5. The van der Waals surface area contributed by atoms with Crippen LogP contribution in [0.5, 0.6) is 0 Å². The van der Waals surface area contributed by atoms with Gasteiger partial charge in [-0.25, -0.2) is 0 Å². The molecule has 1 heterocycles. The molecule has 11 heavy (non-hydrogen) atoms. The average Bonchev–Trinajstić information content (AvgIpc) is 2.11. The summed E-state index contributed by atoms with van der Waals surface area (Å²) < 4.78 is 4.89. The molecule has 2 heteroatoms. The number of allylic oxidation sites excluding steroid dienone is 1. The van der Waals surface area contributed by atoms with E-state index in [1.807, 2.05) is 13.8 Å². The second-order valence-corrected chi connectivity index (χ2v) is 3.58. The monoisotopic (exact) mass is 154 g/mol. The van der Waals surface area contributed by atoms with Crippen molar-refractivity contribution in [2.24, 2.45) is 5.41 Å². The highest BCUT2D eigenvalue weighted by Crippen LogP contribution is 2.35. The van der Waals surface area contributed by atoms with Gasteiger partial charge in [0.1, 0.15) is 0 Å². The maximum Gasteiger partial charge on any atom is 0.312 e. The molecule has 0 spiro atoms. The molecule has 0 bridgehead atoms. The normalized spacial score (nSPS) is 30.2. The number of rotatable bonds is 2. The third-order valence-electron chi connectivity index (χ3n) is 2.07. The van der Waals surface area contributed by atoms with Gasteiger partial charge in [-0.05, 0) is 26.7 Å². The summed E-state index contributed by atoms with van der Waals surface area (Å²) in [4.78, 5) is 11.2. The van der Waals surface area contributed by atoms with Crippen molar-refractivity contribution in [2.75, 3.05) is 6.61 Å². The topological polar surface area (TPSA) is 26.3 Å². The van der Waals surface area contributed by atoms with Crippen molar-refractivity contribution in [1.29, 1.82) is 0 Å². The Kier molecular flexibility index (Phi) is 2.03. The zero-order valence-electron chi connectivity index (χ0n) is 7.14. The minimum atomic E-state index is -0.286. The lowest BCUT2D eigenvalue weighted by atomic mass is 9.83. The van der Waals surface area contributed by atoms with Gasteiger partial charge in [-0.15, -0.1) is 6.58 Å². The molecule has 62 valence electrons. The molecule has 0 amide bonds. The van der Waals surface area contributed by atoms with Gasteiger partial charge in [0.15, 0.2) is 0 Å². The first kappa shape index (κ1) is 8.31. The standard InChI is InChI=1S/C9H14O2/c1-7(2)6-9(3)4-5-11-8(9)10/h1,4-6H2,2-3H3. The molecule has 1 aliphatic rings.